The van der Waals surface area contributed by atoms with Crippen molar-refractivity contribution in [1.29, 1.82) is 0 Å². The quantitative estimate of drug-likeness (QED) is 0.333. The Kier molecular flexibility index (Phi) is 6.41. The molecule has 5 rings (SSSR count). The molecule has 3 N–H and O–H groups in total. The number of aliphatic imine (C=N–C) groups is 1. The van der Waals surface area contributed by atoms with E-state index in [4.69, 9.17) is 0 Å². The van der Waals surface area contributed by atoms with Crippen LogP contribution in [0.5, 0.6) is 0 Å². The molecule has 4 aromatic rings. The van der Waals surface area contributed by atoms with Crippen molar-refractivity contribution in [3.05, 3.63) is 120 Å². The average molecular weight is 492 g/mol. The van der Waals surface area contributed by atoms with Crippen LogP contribution in [0.15, 0.2) is 108 Å². The molecule has 1 aliphatic rings. The number of carboxylic acids is 2. The van der Waals surface area contributed by atoms with E-state index in [1.807, 2.05) is 71.6 Å². The number of benzene rings is 2. The molecule has 0 aliphatic carbocycles. The summed E-state index contributed by atoms with van der Waals surface area (Å²) < 4.78 is 0. The van der Waals surface area contributed by atoms with Crippen molar-refractivity contribution < 1.29 is 19.8 Å². The number of carboxylic acid groups (broad SMARTS) is 2. The van der Waals surface area contributed by atoms with Crippen molar-refractivity contribution in [2.45, 2.75) is 6.04 Å². The van der Waals surface area contributed by atoms with Crippen LogP contribution in [-0.2, 0) is 0 Å². The molecule has 9 nitrogen and oxygen atoms in total. The number of aromatic nitrogens is 2. The number of hydrogen-bond donors (Lipinski definition) is 3. The number of hydrogen-bond acceptors (Lipinski definition) is 7. The van der Waals surface area contributed by atoms with E-state index in [0.29, 0.717) is 11.5 Å². The standard InChI is InChI=1S/C28H21N5O4/c34-27(35)18-11-12-29-22(13-18)24-14-19(28(36)37)15-25(32-24)23-16-26(31-17-30-23)33(20-7-3-1-4-8-20)21-9-5-2-6-10-21/h1-17,23H,(H,30,31)(H,34,35)(H,36,37). The zero-order valence-corrected chi connectivity index (χ0v) is 19.4. The van der Waals surface area contributed by atoms with Crippen LogP contribution in [0.3, 0.4) is 0 Å². The third-order valence-electron chi connectivity index (χ3n) is 5.70. The number of anilines is 2. The van der Waals surface area contributed by atoms with Gasteiger partial charge in [0.05, 0.1) is 34.5 Å². The van der Waals surface area contributed by atoms with Gasteiger partial charge in [-0.3, -0.25) is 14.9 Å². The van der Waals surface area contributed by atoms with Gasteiger partial charge < -0.3 is 15.5 Å². The van der Waals surface area contributed by atoms with Crippen LogP contribution < -0.4 is 10.2 Å². The number of para-hydroxylation sites is 2. The van der Waals surface area contributed by atoms with Gasteiger partial charge in [0.25, 0.3) is 0 Å². The molecule has 182 valence electrons. The van der Waals surface area contributed by atoms with Gasteiger partial charge in [0.15, 0.2) is 0 Å². The van der Waals surface area contributed by atoms with E-state index in [0.717, 1.165) is 11.4 Å². The first-order chi connectivity index (χ1) is 18.0. The third-order valence-corrected chi connectivity index (χ3v) is 5.70. The topological polar surface area (TPSA) is 128 Å². The molecule has 1 aliphatic heterocycles. The minimum absolute atomic E-state index is 0.00538. The van der Waals surface area contributed by atoms with Crippen LogP contribution in [0.25, 0.3) is 11.4 Å². The molecule has 0 amide bonds. The van der Waals surface area contributed by atoms with Gasteiger partial charge in [-0.15, -0.1) is 0 Å². The first-order valence-electron chi connectivity index (χ1n) is 11.3. The van der Waals surface area contributed by atoms with Gasteiger partial charge in [0.1, 0.15) is 11.9 Å². The predicted molar refractivity (Wildman–Crippen MR) is 139 cm³/mol. The normalized spacial score (nSPS) is 14.4. The molecule has 0 radical (unpaired) electrons. The van der Waals surface area contributed by atoms with Gasteiger partial charge in [0, 0.05) is 17.6 Å². The Balaban J connectivity index is 1.59. The molecule has 0 fully saturated rings. The molecule has 2 aromatic heterocycles. The summed E-state index contributed by atoms with van der Waals surface area (Å²) >= 11 is 0. The number of nitrogens with zero attached hydrogens (tertiary/aromatic N) is 4. The smallest absolute Gasteiger partial charge is 0.335 e. The Morgan fingerprint density at radius 2 is 1.41 bits per heavy atom. The monoisotopic (exact) mass is 491 g/mol. The molecule has 0 bridgehead atoms. The molecular weight excluding hydrogens is 470 g/mol. The maximum absolute atomic E-state index is 11.9. The van der Waals surface area contributed by atoms with Crippen molar-refractivity contribution >= 4 is 29.7 Å². The summed E-state index contributed by atoms with van der Waals surface area (Å²) in [7, 11) is 0. The van der Waals surface area contributed by atoms with Gasteiger partial charge in [-0.05, 0) is 54.6 Å². The second-order valence-electron chi connectivity index (χ2n) is 8.13. The Morgan fingerprint density at radius 3 is 2.03 bits per heavy atom. The maximum atomic E-state index is 11.9. The highest BCUT2D eigenvalue weighted by molar-refractivity contribution is 5.90. The van der Waals surface area contributed by atoms with Gasteiger partial charge >= 0.3 is 11.9 Å². The zero-order chi connectivity index (χ0) is 25.8. The van der Waals surface area contributed by atoms with Crippen LogP contribution in [-0.4, -0.2) is 38.5 Å². The lowest BCUT2D eigenvalue weighted by molar-refractivity contribution is 0.0685. The van der Waals surface area contributed by atoms with Crippen molar-refractivity contribution in [2.75, 3.05) is 4.90 Å². The summed E-state index contributed by atoms with van der Waals surface area (Å²) in [6.45, 7) is 0. The largest absolute Gasteiger partial charge is 0.478 e. The summed E-state index contributed by atoms with van der Waals surface area (Å²) in [5.41, 5.74) is 2.74. The van der Waals surface area contributed by atoms with E-state index in [9.17, 15) is 19.8 Å². The van der Waals surface area contributed by atoms with Crippen molar-refractivity contribution in [1.82, 2.24) is 15.3 Å². The molecule has 3 heterocycles. The Hall–Kier alpha value is -5.31. The van der Waals surface area contributed by atoms with Crippen LogP contribution >= 0.6 is 0 Å². The molecule has 0 saturated carbocycles. The molecular formula is C28H21N5O4. The Bertz CT molecular complexity index is 1480. The average Bonchev–Trinajstić information content (AvgIpc) is 2.94. The summed E-state index contributed by atoms with van der Waals surface area (Å²) in [6.07, 6.45) is 4.77. The number of pyridine rings is 2. The molecule has 1 atom stereocenters. The lowest BCUT2D eigenvalue weighted by atomic mass is 10.1. The highest BCUT2D eigenvalue weighted by atomic mass is 16.4. The van der Waals surface area contributed by atoms with E-state index in [1.54, 1.807) is 6.34 Å². The van der Waals surface area contributed by atoms with Gasteiger partial charge in [-0.1, -0.05) is 36.4 Å². The second-order valence-corrected chi connectivity index (χ2v) is 8.13. The second kappa shape index (κ2) is 10.1. The molecule has 9 heteroatoms. The van der Waals surface area contributed by atoms with E-state index in [-0.39, 0.29) is 22.5 Å². The van der Waals surface area contributed by atoms with Crippen molar-refractivity contribution in [3.63, 3.8) is 0 Å². The Labute approximate surface area is 212 Å². The van der Waals surface area contributed by atoms with Crippen LogP contribution in [0.1, 0.15) is 32.5 Å². The summed E-state index contributed by atoms with van der Waals surface area (Å²) in [6, 6.07) is 24.6. The van der Waals surface area contributed by atoms with Crippen LogP contribution in [0, 0.1) is 0 Å². The fourth-order valence-electron chi connectivity index (χ4n) is 3.97. The predicted octanol–water partition coefficient (Wildman–Crippen LogP) is 4.89. The summed E-state index contributed by atoms with van der Waals surface area (Å²) in [4.78, 5) is 38.7. The first-order valence-corrected chi connectivity index (χ1v) is 11.3. The third kappa shape index (κ3) is 5.06. The van der Waals surface area contributed by atoms with E-state index < -0.39 is 18.0 Å². The van der Waals surface area contributed by atoms with E-state index in [2.05, 4.69) is 20.3 Å². The number of rotatable bonds is 7. The van der Waals surface area contributed by atoms with Crippen molar-refractivity contribution in [2.24, 2.45) is 4.99 Å². The van der Waals surface area contributed by atoms with Crippen LogP contribution in [0.4, 0.5) is 11.4 Å². The highest BCUT2D eigenvalue weighted by Gasteiger charge is 2.22. The Morgan fingerprint density at radius 1 is 0.784 bits per heavy atom. The number of nitrogens with one attached hydrogen (secondary N) is 1. The van der Waals surface area contributed by atoms with Crippen molar-refractivity contribution in [3.8, 4) is 11.4 Å². The highest BCUT2D eigenvalue weighted by Crippen LogP contribution is 2.32. The van der Waals surface area contributed by atoms with Gasteiger partial charge in [-0.25, -0.2) is 14.6 Å². The zero-order valence-electron chi connectivity index (χ0n) is 19.4. The minimum Gasteiger partial charge on any atom is -0.478 e. The molecule has 0 spiro atoms. The molecule has 0 saturated heterocycles. The molecule has 37 heavy (non-hydrogen) atoms. The minimum atomic E-state index is -1.14. The number of carbonyl (C=O) groups is 2. The SMILES string of the molecule is O=C(O)c1ccnc(-c2cc(C(=O)O)cc(C3C=C(N(c4ccccc4)c4ccccc4)NC=N3)n2)c1. The van der Waals surface area contributed by atoms with E-state index in [1.165, 1.54) is 30.5 Å². The maximum Gasteiger partial charge on any atom is 0.335 e. The fourth-order valence-corrected chi connectivity index (χ4v) is 3.97. The lowest BCUT2D eigenvalue weighted by Gasteiger charge is -2.30. The van der Waals surface area contributed by atoms with Crippen LogP contribution in [0.2, 0.25) is 0 Å². The molecule has 1 unspecified atom stereocenters. The van der Waals surface area contributed by atoms with E-state index >= 15 is 0 Å². The first kappa shape index (κ1) is 23.4. The fraction of sp³-hybridized carbons (Fsp3) is 0.0357. The summed E-state index contributed by atoms with van der Waals surface area (Å²) in [5.74, 6) is -1.54. The summed E-state index contributed by atoms with van der Waals surface area (Å²) in [5, 5.41) is 22.3. The van der Waals surface area contributed by atoms with Gasteiger partial charge in [0.2, 0.25) is 0 Å². The lowest BCUT2D eigenvalue weighted by Crippen LogP contribution is -2.30. The van der Waals surface area contributed by atoms with Gasteiger partial charge in [-0.2, -0.15) is 0 Å². The molecule has 2 aromatic carbocycles. The number of aromatic carboxylic acids is 2.